The molecule has 12 nitrogen and oxygen atoms in total. The molecule has 40 heavy (non-hydrogen) atoms. The monoisotopic (exact) mass is 555 g/mol. The molecule has 2 aromatic rings. The SMILES string of the molecule is CC(C)CC(NC(=O)C(Cc1ccccc1)NC(=O)C(N)Cc1ccc(O)cc1)C(=O)NC(CC(N)=O)C(=O)O. The molecule has 0 aliphatic rings. The Hall–Kier alpha value is -4.45. The maximum atomic E-state index is 13.4. The molecule has 2 rings (SSSR count). The lowest BCUT2D eigenvalue weighted by Crippen LogP contribution is -2.58. The number of nitrogens with two attached hydrogens (primary N) is 2. The van der Waals surface area contributed by atoms with Gasteiger partial charge in [-0.05, 0) is 42.0 Å². The Bertz CT molecular complexity index is 1170. The van der Waals surface area contributed by atoms with Gasteiger partial charge in [0.1, 0.15) is 23.9 Å². The number of carboxylic acids is 1. The molecule has 4 amide bonds. The molecule has 0 radical (unpaired) electrons. The lowest BCUT2D eigenvalue weighted by atomic mass is 10.00. The minimum absolute atomic E-state index is 0.0728. The predicted octanol–water partition coefficient (Wildman–Crippen LogP) is -0.0348. The van der Waals surface area contributed by atoms with Gasteiger partial charge in [0, 0.05) is 6.42 Å². The first-order chi connectivity index (χ1) is 18.8. The van der Waals surface area contributed by atoms with Crippen LogP contribution in [0, 0.1) is 5.92 Å². The van der Waals surface area contributed by atoms with Gasteiger partial charge < -0.3 is 37.6 Å². The van der Waals surface area contributed by atoms with Gasteiger partial charge in [0.2, 0.25) is 23.6 Å². The number of benzene rings is 2. The summed E-state index contributed by atoms with van der Waals surface area (Å²) in [5, 5.41) is 26.4. The molecule has 9 N–H and O–H groups in total. The van der Waals surface area contributed by atoms with Crippen molar-refractivity contribution in [2.45, 2.75) is 63.7 Å². The molecule has 0 fully saturated rings. The van der Waals surface area contributed by atoms with Gasteiger partial charge in [-0.2, -0.15) is 0 Å². The first-order valence-electron chi connectivity index (χ1n) is 12.8. The number of rotatable bonds is 15. The lowest BCUT2D eigenvalue weighted by molar-refractivity contribution is -0.143. The van der Waals surface area contributed by atoms with Crippen LogP contribution in [-0.2, 0) is 36.8 Å². The first-order valence-corrected chi connectivity index (χ1v) is 12.8. The second-order valence-electron chi connectivity index (χ2n) is 9.99. The fourth-order valence-electron chi connectivity index (χ4n) is 3.97. The van der Waals surface area contributed by atoms with Crippen molar-refractivity contribution < 1.29 is 34.2 Å². The van der Waals surface area contributed by atoms with Crippen LogP contribution in [-0.4, -0.2) is 64.0 Å². The van der Waals surface area contributed by atoms with Gasteiger partial charge >= 0.3 is 5.97 Å². The number of amides is 4. The summed E-state index contributed by atoms with van der Waals surface area (Å²) in [6.07, 6.45) is -0.206. The Balaban J connectivity index is 2.21. The molecule has 12 heteroatoms. The fraction of sp³-hybridized carbons (Fsp3) is 0.393. The number of phenols is 1. The number of carbonyl (C=O) groups is 5. The average molecular weight is 556 g/mol. The van der Waals surface area contributed by atoms with Crippen LogP contribution in [0.4, 0.5) is 0 Å². The number of hydrogen-bond acceptors (Lipinski definition) is 7. The summed E-state index contributed by atoms with van der Waals surface area (Å²) in [6.45, 7) is 3.63. The minimum atomic E-state index is -1.56. The molecule has 0 aromatic heterocycles. The van der Waals surface area contributed by atoms with Gasteiger partial charge in [-0.25, -0.2) is 4.79 Å². The molecule has 0 aliphatic carbocycles. The summed E-state index contributed by atoms with van der Waals surface area (Å²) in [4.78, 5) is 62.1. The summed E-state index contributed by atoms with van der Waals surface area (Å²) in [7, 11) is 0. The number of carboxylic acid groups (broad SMARTS) is 1. The maximum absolute atomic E-state index is 13.4. The Kier molecular flexibility index (Phi) is 12.1. The molecule has 4 atom stereocenters. The van der Waals surface area contributed by atoms with Crippen molar-refractivity contribution in [3.63, 3.8) is 0 Å². The third kappa shape index (κ3) is 10.7. The van der Waals surface area contributed by atoms with E-state index < -0.39 is 60.2 Å². The first kappa shape index (κ1) is 31.8. The summed E-state index contributed by atoms with van der Waals surface area (Å²) in [5.74, 6) is -4.42. The molecular weight excluding hydrogens is 518 g/mol. The Labute approximate surface area is 232 Å². The van der Waals surface area contributed by atoms with E-state index in [9.17, 15) is 34.2 Å². The number of carbonyl (C=O) groups excluding carboxylic acids is 4. The molecule has 0 saturated carbocycles. The smallest absolute Gasteiger partial charge is 0.326 e. The third-order valence-electron chi connectivity index (χ3n) is 6.00. The zero-order chi connectivity index (χ0) is 29.8. The molecule has 0 bridgehead atoms. The second kappa shape index (κ2) is 15.2. The molecular formula is C28H37N5O7. The fourth-order valence-corrected chi connectivity index (χ4v) is 3.97. The van der Waals surface area contributed by atoms with Gasteiger partial charge in [-0.15, -0.1) is 0 Å². The topological polar surface area (TPSA) is 214 Å². The number of aromatic hydroxyl groups is 1. The lowest BCUT2D eigenvalue weighted by Gasteiger charge is -2.26. The van der Waals surface area contributed by atoms with Crippen LogP contribution in [0.2, 0.25) is 0 Å². The second-order valence-corrected chi connectivity index (χ2v) is 9.99. The zero-order valence-electron chi connectivity index (χ0n) is 22.5. The van der Waals surface area contributed by atoms with Crippen LogP contribution >= 0.6 is 0 Å². The van der Waals surface area contributed by atoms with Crippen molar-refractivity contribution in [2.24, 2.45) is 17.4 Å². The van der Waals surface area contributed by atoms with E-state index in [1.165, 1.54) is 12.1 Å². The normalized spacial score (nSPS) is 13.9. The highest BCUT2D eigenvalue weighted by Gasteiger charge is 2.31. The number of phenolic OH excluding ortho intramolecular Hbond substituents is 1. The molecule has 2 aromatic carbocycles. The maximum Gasteiger partial charge on any atom is 0.326 e. The van der Waals surface area contributed by atoms with Crippen LogP contribution in [0.1, 0.15) is 37.8 Å². The van der Waals surface area contributed by atoms with Crippen LogP contribution in [0.5, 0.6) is 5.75 Å². The van der Waals surface area contributed by atoms with Crippen LogP contribution in [0.15, 0.2) is 54.6 Å². The van der Waals surface area contributed by atoms with Crippen LogP contribution in [0.3, 0.4) is 0 Å². The highest BCUT2D eigenvalue weighted by Crippen LogP contribution is 2.12. The minimum Gasteiger partial charge on any atom is -0.508 e. The Morgan fingerprint density at radius 2 is 1.27 bits per heavy atom. The molecule has 0 aliphatic heterocycles. The molecule has 4 unspecified atom stereocenters. The van der Waals surface area contributed by atoms with E-state index >= 15 is 0 Å². The number of nitrogens with one attached hydrogen (secondary N) is 3. The quantitative estimate of drug-likeness (QED) is 0.158. The third-order valence-corrected chi connectivity index (χ3v) is 6.00. The average Bonchev–Trinajstić information content (AvgIpc) is 2.88. The summed E-state index contributed by atoms with van der Waals surface area (Å²) >= 11 is 0. The largest absolute Gasteiger partial charge is 0.508 e. The zero-order valence-corrected chi connectivity index (χ0v) is 22.5. The number of aliphatic carboxylic acids is 1. The van der Waals surface area contributed by atoms with Crippen molar-refractivity contribution >= 4 is 29.6 Å². The van der Waals surface area contributed by atoms with Crippen molar-refractivity contribution in [1.82, 2.24) is 16.0 Å². The molecule has 216 valence electrons. The van der Waals surface area contributed by atoms with Crippen molar-refractivity contribution in [2.75, 3.05) is 0 Å². The Morgan fingerprint density at radius 1 is 0.750 bits per heavy atom. The predicted molar refractivity (Wildman–Crippen MR) is 147 cm³/mol. The van der Waals surface area contributed by atoms with E-state index in [1.807, 2.05) is 13.8 Å². The van der Waals surface area contributed by atoms with Gasteiger partial charge in [0.15, 0.2) is 0 Å². The number of primary amides is 1. The van der Waals surface area contributed by atoms with E-state index in [4.69, 9.17) is 11.5 Å². The highest BCUT2D eigenvalue weighted by molar-refractivity contribution is 5.95. The van der Waals surface area contributed by atoms with Crippen LogP contribution in [0.25, 0.3) is 0 Å². The van der Waals surface area contributed by atoms with Crippen molar-refractivity contribution in [3.8, 4) is 5.75 Å². The summed E-state index contributed by atoms with van der Waals surface area (Å²) in [5.41, 5.74) is 12.7. The van der Waals surface area contributed by atoms with Gasteiger partial charge in [-0.3, -0.25) is 19.2 Å². The van der Waals surface area contributed by atoms with Crippen molar-refractivity contribution in [3.05, 3.63) is 65.7 Å². The standard InChI is InChI=1S/C28H37N5O7/c1-16(2)12-21(26(37)33-23(28(39)40)15-24(30)35)32-27(38)22(14-17-6-4-3-5-7-17)31-25(36)20(29)13-18-8-10-19(34)11-9-18/h3-11,16,20-23,34H,12-15,29H2,1-2H3,(H2,30,35)(H,31,36)(H,32,38)(H,33,37)(H,39,40). The van der Waals surface area contributed by atoms with Gasteiger partial charge in [-0.1, -0.05) is 56.3 Å². The summed E-state index contributed by atoms with van der Waals surface area (Å²) in [6, 6.07) is 10.3. The van der Waals surface area contributed by atoms with E-state index in [1.54, 1.807) is 42.5 Å². The van der Waals surface area contributed by atoms with E-state index in [0.29, 0.717) is 5.56 Å². The van der Waals surface area contributed by atoms with E-state index in [-0.39, 0.29) is 30.9 Å². The summed E-state index contributed by atoms with van der Waals surface area (Å²) < 4.78 is 0. The van der Waals surface area contributed by atoms with Crippen LogP contribution < -0.4 is 27.4 Å². The van der Waals surface area contributed by atoms with Crippen molar-refractivity contribution in [1.29, 1.82) is 0 Å². The molecule has 0 spiro atoms. The molecule has 0 heterocycles. The number of hydrogen-bond donors (Lipinski definition) is 7. The van der Waals surface area contributed by atoms with E-state index in [0.717, 1.165) is 5.56 Å². The highest BCUT2D eigenvalue weighted by atomic mass is 16.4. The van der Waals surface area contributed by atoms with Gasteiger partial charge in [0.25, 0.3) is 0 Å². The Morgan fingerprint density at radius 3 is 1.82 bits per heavy atom. The van der Waals surface area contributed by atoms with E-state index in [2.05, 4.69) is 16.0 Å². The molecule has 0 saturated heterocycles. The van der Waals surface area contributed by atoms with Gasteiger partial charge in [0.05, 0.1) is 12.5 Å².